The molecule has 1 aliphatic heterocycles. The summed E-state index contributed by atoms with van der Waals surface area (Å²) in [7, 11) is 0. The Bertz CT molecular complexity index is 637. The average molecular weight is 330 g/mol. The van der Waals surface area contributed by atoms with Gasteiger partial charge in [-0.25, -0.2) is 4.79 Å². The van der Waals surface area contributed by atoms with Crippen molar-refractivity contribution >= 4 is 11.9 Å². The second kappa shape index (κ2) is 7.20. The van der Waals surface area contributed by atoms with Crippen molar-refractivity contribution in [3.63, 3.8) is 0 Å². The Morgan fingerprint density at radius 2 is 1.83 bits per heavy atom. The minimum Gasteiger partial charge on any atom is -0.457 e. The van der Waals surface area contributed by atoms with Gasteiger partial charge < -0.3 is 9.47 Å². The van der Waals surface area contributed by atoms with Crippen LogP contribution in [0.4, 0.5) is 0 Å². The van der Waals surface area contributed by atoms with E-state index in [2.05, 4.69) is 0 Å². The van der Waals surface area contributed by atoms with Crippen LogP contribution in [0.15, 0.2) is 41.7 Å². The largest absolute Gasteiger partial charge is 0.457 e. The molecule has 2 rings (SSSR count). The standard InChI is InChI=1S/C20H26O4/c1-6-16-17(19(22)24-20(3,4)5)13(2)15(18(21)23-16)12-14-10-8-7-9-11-14/h7-11,13,15H,6,12H2,1-5H3/t13-,15-/m1/s1. The minimum absolute atomic E-state index is 0.240. The van der Waals surface area contributed by atoms with Crippen molar-refractivity contribution in [2.75, 3.05) is 0 Å². The smallest absolute Gasteiger partial charge is 0.338 e. The molecule has 0 aromatic heterocycles. The number of carbonyl (C=O) groups is 2. The molecule has 4 nitrogen and oxygen atoms in total. The normalized spacial score (nSPS) is 21.5. The highest BCUT2D eigenvalue weighted by molar-refractivity contribution is 5.93. The van der Waals surface area contributed by atoms with Gasteiger partial charge in [0.2, 0.25) is 0 Å². The topological polar surface area (TPSA) is 52.6 Å². The molecule has 24 heavy (non-hydrogen) atoms. The summed E-state index contributed by atoms with van der Waals surface area (Å²) in [5.74, 6) is -0.847. The van der Waals surface area contributed by atoms with Gasteiger partial charge >= 0.3 is 11.9 Å². The Labute approximate surface area is 143 Å². The van der Waals surface area contributed by atoms with Crippen LogP contribution < -0.4 is 0 Å². The molecule has 1 heterocycles. The lowest BCUT2D eigenvalue weighted by molar-refractivity contribution is -0.155. The molecule has 0 radical (unpaired) electrons. The van der Waals surface area contributed by atoms with Crippen LogP contribution in [0.3, 0.4) is 0 Å². The first-order valence-corrected chi connectivity index (χ1v) is 8.45. The van der Waals surface area contributed by atoms with E-state index in [9.17, 15) is 9.59 Å². The van der Waals surface area contributed by atoms with E-state index in [4.69, 9.17) is 9.47 Å². The van der Waals surface area contributed by atoms with Crippen molar-refractivity contribution in [1.82, 2.24) is 0 Å². The van der Waals surface area contributed by atoms with Crippen LogP contribution in [0.1, 0.15) is 46.6 Å². The van der Waals surface area contributed by atoms with Crippen molar-refractivity contribution in [2.24, 2.45) is 11.8 Å². The number of rotatable bonds is 4. The second-order valence-corrected chi connectivity index (χ2v) is 7.20. The SMILES string of the molecule is CCC1=C(C(=O)OC(C)(C)C)[C@H](C)[C@@H](Cc2ccccc2)C(=O)O1. The molecule has 0 bridgehead atoms. The lowest BCUT2D eigenvalue weighted by Crippen LogP contribution is -2.37. The molecular formula is C20H26O4. The Morgan fingerprint density at radius 3 is 2.38 bits per heavy atom. The van der Waals surface area contributed by atoms with Gasteiger partial charge in [-0.2, -0.15) is 0 Å². The van der Waals surface area contributed by atoms with Crippen LogP contribution >= 0.6 is 0 Å². The molecule has 0 amide bonds. The summed E-state index contributed by atoms with van der Waals surface area (Å²) in [6.07, 6.45) is 1.03. The van der Waals surface area contributed by atoms with Gasteiger partial charge in [0, 0.05) is 12.3 Å². The fourth-order valence-corrected chi connectivity index (χ4v) is 2.93. The highest BCUT2D eigenvalue weighted by Crippen LogP contribution is 2.35. The minimum atomic E-state index is -0.584. The molecule has 4 heteroatoms. The summed E-state index contributed by atoms with van der Waals surface area (Å²) in [4.78, 5) is 25.0. The predicted molar refractivity (Wildman–Crippen MR) is 92.1 cm³/mol. The predicted octanol–water partition coefficient (Wildman–Crippen LogP) is 4.04. The number of esters is 2. The zero-order chi connectivity index (χ0) is 17.9. The van der Waals surface area contributed by atoms with E-state index < -0.39 is 11.6 Å². The van der Waals surface area contributed by atoms with Crippen molar-refractivity contribution in [3.05, 3.63) is 47.2 Å². The molecule has 0 N–H and O–H groups in total. The Morgan fingerprint density at radius 1 is 1.21 bits per heavy atom. The summed E-state index contributed by atoms with van der Waals surface area (Å²) < 4.78 is 11.0. The van der Waals surface area contributed by atoms with Crippen LogP contribution in [0, 0.1) is 11.8 Å². The van der Waals surface area contributed by atoms with E-state index in [1.807, 2.05) is 65.0 Å². The Hall–Kier alpha value is -2.10. The van der Waals surface area contributed by atoms with Crippen molar-refractivity contribution in [2.45, 2.75) is 53.1 Å². The third-order valence-corrected chi connectivity index (χ3v) is 4.12. The lowest BCUT2D eigenvalue weighted by Gasteiger charge is -2.32. The fraction of sp³-hybridized carbons (Fsp3) is 0.500. The van der Waals surface area contributed by atoms with Gasteiger partial charge in [0.25, 0.3) is 0 Å². The summed E-state index contributed by atoms with van der Waals surface area (Å²) >= 11 is 0. The van der Waals surface area contributed by atoms with Gasteiger partial charge in [-0.3, -0.25) is 4.79 Å². The molecule has 1 aromatic carbocycles. The van der Waals surface area contributed by atoms with Gasteiger partial charge in [-0.15, -0.1) is 0 Å². The first-order chi connectivity index (χ1) is 11.2. The van der Waals surface area contributed by atoms with Gasteiger partial charge in [0.05, 0.1) is 11.5 Å². The third-order valence-electron chi connectivity index (χ3n) is 4.12. The van der Waals surface area contributed by atoms with Gasteiger partial charge in [0.15, 0.2) is 0 Å². The number of benzene rings is 1. The quantitative estimate of drug-likeness (QED) is 0.782. The Balaban J connectivity index is 2.30. The summed E-state index contributed by atoms with van der Waals surface area (Å²) in [5.41, 5.74) is 0.960. The monoisotopic (exact) mass is 330 g/mol. The summed E-state index contributed by atoms with van der Waals surface area (Å²) in [6.45, 7) is 9.27. The van der Waals surface area contributed by atoms with Crippen molar-refractivity contribution in [3.8, 4) is 0 Å². The van der Waals surface area contributed by atoms with Gasteiger partial charge in [0.1, 0.15) is 11.4 Å². The number of carbonyl (C=O) groups excluding carboxylic acids is 2. The summed E-state index contributed by atoms with van der Waals surface area (Å²) in [6, 6.07) is 9.78. The maximum atomic E-state index is 12.6. The molecule has 1 aliphatic rings. The van der Waals surface area contributed by atoms with Gasteiger partial charge in [-0.1, -0.05) is 44.2 Å². The van der Waals surface area contributed by atoms with Crippen molar-refractivity contribution in [1.29, 1.82) is 0 Å². The lowest BCUT2D eigenvalue weighted by atomic mass is 9.80. The molecule has 2 atom stereocenters. The molecule has 0 unspecified atom stereocenters. The van der Waals surface area contributed by atoms with E-state index in [1.165, 1.54) is 0 Å². The molecule has 0 saturated heterocycles. The van der Waals surface area contributed by atoms with E-state index in [-0.39, 0.29) is 17.8 Å². The van der Waals surface area contributed by atoms with Crippen LogP contribution in [-0.2, 0) is 25.5 Å². The van der Waals surface area contributed by atoms with Crippen LogP contribution in [0.25, 0.3) is 0 Å². The first kappa shape index (κ1) is 18.2. The van der Waals surface area contributed by atoms with E-state index in [1.54, 1.807) is 0 Å². The highest BCUT2D eigenvalue weighted by atomic mass is 16.6. The highest BCUT2D eigenvalue weighted by Gasteiger charge is 2.40. The number of ether oxygens (including phenoxy) is 2. The maximum Gasteiger partial charge on any atom is 0.338 e. The third kappa shape index (κ3) is 4.25. The number of hydrogen-bond acceptors (Lipinski definition) is 4. The molecule has 130 valence electrons. The van der Waals surface area contributed by atoms with Crippen LogP contribution in [0.5, 0.6) is 0 Å². The maximum absolute atomic E-state index is 12.6. The molecule has 1 aromatic rings. The molecular weight excluding hydrogens is 304 g/mol. The van der Waals surface area contributed by atoms with E-state index in [0.29, 0.717) is 24.2 Å². The Kier molecular flexibility index (Phi) is 5.47. The zero-order valence-corrected chi connectivity index (χ0v) is 15.1. The number of allylic oxidation sites excluding steroid dienone is 1. The van der Waals surface area contributed by atoms with E-state index in [0.717, 1.165) is 5.56 Å². The van der Waals surface area contributed by atoms with Crippen LogP contribution in [-0.4, -0.2) is 17.5 Å². The van der Waals surface area contributed by atoms with Gasteiger partial charge in [-0.05, 0) is 32.8 Å². The molecule has 0 aliphatic carbocycles. The molecule has 0 spiro atoms. The molecule has 0 saturated carbocycles. The first-order valence-electron chi connectivity index (χ1n) is 8.45. The number of hydrogen-bond donors (Lipinski definition) is 0. The zero-order valence-electron chi connectivity index (χ0n) is 15.1. The van der Waals surface area contributed by atoms with Crippen molar-refractivity contribution < 1.29 is 19.1 Å². The number of cyclic esters (lactones) is 1. The average Bonchev–Trinajstić information content (AvgIpc) is 2.49. The fourth-order valence-electron chi connectivity index (χ4n) is 2.93. The second-order valence-electron chi connectivity index (χ2n) is 7.20. The molecule has 0 fully saturated rings. The van der Waals surface area contributed by atoms with E-state index >= 15 is 0 Å². The van der Waals surface area contributed by atoms with Crippen LogP contribution in [0.2, 0.25) is 0 Å². The summed E-state index contributed by atoms with van der Waals surface area (Å²) in [5, 5.41) is 0.